The Morgan fingerprint density at radius 2 is 1.66 bits per heavy atom. The van der Waals surface area contributed by atoms with Crippen molar-refractivity contribution in [3.05, 3.63) is 71.3 Å². The molecule has 0 saturated heterocycles. The van der Waals surface area contributed by atoms with Gasteiger partial charge in [-0.1, -0.05) is 97.3 Å². The van der Waals surface area contributed by atoms with Crippen molar-refractivity contribution in [1.29, 1.82) is 0 Å². The normalized spacial score (nSPS) is 33.0. The van der Waals surface area contributed by atoms with E-state index in [1.165, 1.54) is 6.92 Å². The number of hydroxylamine groups is 1. The molecule has 326 valence electrons. The third-order valence-corrected chi connectivity index (χ3v) is 16.7. The van der Waals surface area contributed by atoms with E-state index in [1.807, 2.05) is 44.2 Å². The number of benzene rings is 1. The summed E-state index contributed by atoms with van der Waals surface area (Å²) < 4.78 is 18.3. The fourth-order valence-corrected chi connectivity index (χ4v) is 13.5. The highest BCUT2D eigenvalue weighted by Gasteiger charge is 2.71. The second-order valence-corrected chi connectivity index (χ2v) is 20.8. The van der Waals surface area contributed by atoms with Crippen LogP contribution in [0.2, 0.25) is 0 Å². The number of esters is 3. The Hall–Kier alpha value is -3.06. The Morgan fingerprint density at radius 3 is 2.34 bits per heavy atom. The Morgan fingerprint density at radius 1 is 0.949 bits per heavy atom. The number of amides is 1. The third-order valence-electron chi connectivity index (χ3n) is 14.3. The minimum absolute atomic E-state index is 0.0327. The summed E-state index contributed by atoms with van der Waals surface area (Å²) in [4.78, 5) is 56.8. The predicted molar refractivity (Wildman–Crippen MR) is 233 cm³/mol. The maximum Gasteiger partial charge on any atom is 0.334 e. The van der Waals surface area contributed by atoms with Crippen LogP contribution >= 0.6 is 21.6 Å². The molecule has 10 atom stereocenters. The molecule has 12 heteroatoms. The largest absolute Gasteiger partial charge is 0.462 e. The van der Waals surface area contributed by atoms with E-state index in [9.17, 15) is 24.3 Å². The van der Waals surface area contributed by atoms with Crippen LogP contribution in [0, 0.1) is 39.9 Å². The third kappa shape index (κ3) is 10.7. The van der Waals surface area contributed by atoms with Crippen molar-refractivity contribution in [3.8, 4) is 0 Å². The minimum Gasteiger partial charge on any atom is -0.462 e. The van der Waals surface area contributed by atoms with E-state index < -0.39 is 12.2 Å². The molecule has 0 aromatic heterocycles. The van der Waals surface area contributed by atoms with Crippen LogP contribution in [0.1, 0.15) is 118 Å². The molecule has 4 aliphatic carbocycles. The summed E-state index contributed by atoms with van der Waals surface area (Å²) >= 11 is 0. The average molecular weight is 854 g/mol. The van der Waals surface area contributed by atoms with Crippen molar-refractivity contribution in [3.63, 3.8) is 0 Å². The lowest BCUT2D eigenvalue weighted by Gasteiger charge is -2.69. The Labute approximate surface area is 359 Å². The van der Waals surface area contributed by atoms with Gasteiger partial charge in [-0.15, -0.1) is 6.58 Å². The SMILES string of the molecule is C=CCONC(=O)CCSSCCC(=O)OC1CCC2(C)C(CCC3(C)C2C(O)CC2C(=C(CCC=C(C)C)C(=O)OCc4ccccc4)C(OC(C)=O)CC23C)C1C. The lowest BCUT2D eigenvalue weighted by molar-refractivity contribution is -0.236. The molecule has 1 aromatic carbocycles. The van der Waals surface area contributed by atoms with Crippen LogP contribution in [0.5, 0.6) is 0 Å². The predicted octanol–water partition coefficient (Wildman–Crippen LogP) is 9.27. The summed E-state index contributed by atoms with van der Waals surface area (Å²) in [5, 5.41) is 12.5. The van der Waals surface area contributed by atoms with Gasteiger partial charge in [0.1, 0.15) is 18.8 Å². The molecule has 10 nitrogen and oxygen atoms in total. The van der Waals surface area contributed by atoms with Crippen LogP contribution < -0.4 is 5.48 Å². The Bertz CT molecular complexity index is 1730. The van der Waals surface area contributed by atoms with Crippen molar-refractivity contribution < 1.29 is 43.3 Å². The van der Waals surface area contributed by atoms with Gasteiger partial charge in [0.25, 0.3) is 0 Å². The summed E-state index contributed by atoms with van der Waals surface area (Å²) in [6.07, 6.45) is 8.39. The highest BCUT2D eigenvalue weighted by Crippen LogP contribution is 2.74. The summed E-state index contributed by atoms with van der Waals surface area (Å²) in [7, 11) is 3.10. The molecular formula is C47H67NO9S2. The first kappa shape index (κ1) is 47.0. The van der Waals surface area contributed by atoms with Crippen molar-refractivity contribution >= 4 is 45.4 Å². The zero-order valence-corrected chi connectivity index (χ0v) is 37.9. The maximum absolute atomic E-state index is 14.2. The van der Waals surface area contributed by atoms with E-state index in [0.717, 1.165) is 42.4 Å². The molecule has 59 heavy (non-hydrogen) atoms. The number of fused-ring (bicyclic) bond motifs is 5. The van der Waals surface area contributed by atoms with E-state index in [0.29, 0.717) is 55.6 Å². The van der Waals surface area contributed by atoms with E-state index in [2.05, 4.69) is 45.8 Å². The van der Waals surface area contributed by atoms with Crippen LogP contribution in [-0.4, -0.2) is 65.3 Å². The number of nitrogens with one attached hydrogen (secondary N) is 1. The summed E-state index contributed by atoms with van der Waals surface area (Å²) in [5.41, 5.74) is 4.93. The second-order valence-electron chi connectivity index (χ2n) is 18.1. The van der Waals surface area contributed by atoms with Crippen molar-refractivity contribution in [2.75, 3.05) is 18.1 Å². The van der Waals surface area contributed by atoms with E-state index in [4.69, 9.17) is 19.0 Å². The number of hydrogen-bond acceptors (Lipinski definition) is 11. The molecule has 4 fully saturated rings. The van der Waals surface area contributed by atoms with Gasteiger partial charge in [0, 0.05) is 30.4 Å². The lowest BCUT2D eigenvalue weighted by Crippen LogP contribution is -2.65. The Kier molecular flexibility index (Phi) is 16.5. The van der Waals surface area contributed by atoms with Gasteiger partial charge in [-0.2, -0.15) is 0 Å². The molecule has 0 aliphatic heterocycles. The molecule has 0 radical (unpaired) electrons. The molecular weight excluding hydrogens is 787 g/mol. The van der Waals surface area contributed by atoms with Gasteiger partial charge < -0.3 is 19.3 Å². The van der Waals surface area contributed by atoms with Gasteiger partial charge in [0.05, 0.1) is 19.1 Å². The van der Waals surface area contributed by atoms with Gasteiger partial charge in [-0.05, 0) is 116 Å². The van der Waals surface area contributed by atoms with Gasteiger partial charge in [-0.3, -0.25) is 19.2 Å². The van der Waals surface area contributed by atoms with Gasteiger partial charge >= 0.3 is 17.9 Å². The number of carbonyl (C=O) groups is 4. The summed E-state index contributed by atoms with van der Waals surface area (Å²) in [5.74, 6) is 0.203. The molecule has 10 unspecified atom stereocenters. The monoisotopic (exact) mass is 853 g/mol. The fraction of sp³-hybridized carbons (Fsp3) is 0.660. The first-order valence-corrected chi connectivity index (χ1v) is 23.9. The fourth-order valence-electron chi connectivity index (χ4n) is 11.6. The molecule has 0 spiro atoms. The number of carbonyl (C=O) groups excluding carboxylic acids is 4. The highest BCUT2D eigenvalue weighted by molar-refractivity contribution is 8.76. The van der Waals surface area contributed by atoms with Crippen molar-refractivity contribution in [2.24, 2.45) is 39.9 Å². The van der Waals surface area contributed by atoms with Crippen molar-refractivity contribution in [1.82, 2.24) is 5.48 Å². The number of ether oxygens (including phenoxy) is 3. The van der Waals surface area contributed by atoms with E-state index in [1.54, 1.807) is 27.7 Å². The molecule has 0 bridgehead atoms. The van der Waals surface area contributed by atoms with Crippen LogP contribution in [-0.2, 0) is 44.8 Å². The van der Waals surface area contributed by atoms with Crippen LogP contribution in [0.4, 0.5) is 0 Å². The lowest BCUT2D eigenvalue weighted by atomic mass is 9.36. The summed E-state index contributed by atoms with van der Waals surface area (Å²) in [6, 6.07) is 9.64. The van der Waals surface area contributed by atoms with E-state index >= 15 is 0 Å². The molecule has 1 amide bonds. The van der Waals surface area contributed by atoms with Gasteiger partial charge in [0.2, 0.25) is 5.91 Å². The first-order valence-electron chi connectivity index (χ1n) is 21.4. The van der Waals surface area contributed by atoms with Gasteiger partial charge in [0.15, 0.2) is 0 Å². The topological polar surface area (TPSA) is 137 Å². The van der Waals surface area contributed by atoms with Crippen LogP contribution in [0.3, 0.4) is 0 Å². The highest BCUT2D eigenvalue weighted by atomic mass is 33.1. The smallest absolute Gasteiger partial charge is 0.334 e. The van der Waals surface area contributed by atoms with Crippen LogP contribution in [0.25, 0.3) is 0 Å². The molecule has 2 N–H and O–H groups in total. The number of allylic oxidation sites excluding steroid dienone is 2. The van der Waals surface area contributed by atoms with Gasteiger partial charge in [-0.25, -0.2) is 10.3 Å². The molecule has 1 aromatic rings. The second kappa shape index (κ2) is 20.7. The number of hydrogen-bond donors (Lipinski definition) is 2. The van der Waals surface area contributed by atoms with Crippen molar-refractivity contribution in [2.45, 2.75) is 138 Å². The molecule has 0 heterocycles. The summed E-state index contributed by atoms with van der Waals surface area (Å²) in [6.45, 7) is 18.7. The zero-order valence-electron chi connectivity index (χ0n) is 36.2. The maximum atomic E-state index is 14.2. The quantitative estimate of drug-likeness (QED) is 0.0278. The number of aliphatic hydroxyl groups excluding tert-OH is 1. The number of rotatable bonds is 18. The Balaban J connectivity index is 1.31. The zero-order chi connectivity index (χ0) is 43.0. The average Bonchev–Trinajstić information content (AvgIpc) is 3.45. The number of aliphatic hydroxyl groups is 1. The molecule has 5 rings (SSSR count). The van der Waals surface area contributed by atoms with E-state index in [-0.39, 0.29) is 83.0 Å². The minimum atomic E-state index is -0.636. The standard InChI is InChI=1S/C47H67NO9S2/c1-9-24-55-48-40(51)20-25-58-59-26-21-41(52)57-38-19-22-45(6)35(31(38)4)18-23-46(7)43(45)37(50)27-36-42(39(56-32(5)49)28-47(36,46)8)34(17-13-14-30(2)3)44(53)54-29-33-15-11-10-12-16-33/h9-12,14-16,31,35-39,43,50H,1,13,17-29H2,2-8H3,(H,48,51). The van der Waals surface area contributed by atoms with Crippen LogP contribution in [0.15, 0.2) is 65.8 Å². The molecule has 4 aliphatic rings. The first-order chi connectivity index (χ1) is 28.1. The molecule has 4 saturated carbocycles.